The molecule has 2 aromatic carbocycles. The number of nitrogens with zero attached hydrogens (tertiary/aromatic N) is 3. The zero-order valence-corrected chi connectivity index (χ0v) is 15.7. The average molecular weight is 388 g/mol. The van der Waals surface area contributed by atoms with Gasteiger partial charge in [0.05, 0.1) is 33.1 Å². The lowest BCUT2D eigenvalue weighted by molar-refractivity contribution is 0.324. The zero-order chi connectivity index (χ0) is 19.4. The Hall–Kier alpha value is -3.20. The van der Waals surface area contributed by atoms with Crippen LogP contribution in [0.25, 0.3) is 11.4 Å². The van der Waals surface area contributed by atoms with Crippen LogP contribution in [0.15, 0.2) is 41.5 Å². The van der Waals surface area contributed by atoms with E-state index in [2.05, 4.69) is 15.3 Å². The third kappa shape index (κ3) is 3.54. The van der Waals surface area contributed by atoms with Gasteiger partial charge in [-0.3, -0.25) is 0 Å². The van der Waals surface area contributed by atoms with Gasteiger partial charge in [-0.2, -0.15) is 14.9 Å². The Morgan fingerprint density at radius 2 is 1.81 bits per heavy atom. The van der Waals surface area contributed by atoms with Crippen molar-refractivity contribution < 1.29 is 18.6 Å². The van der Waals surface area contributed by atoms with E-state index in [4.69, 9.17) is 26.4 Å². The maximum Gasteiger partial charge on any atom is 0.216 e. The molecule has 0 saturated heterocycles. The molecule has 0 amide bonds. The van der Waals surface area contributed by atoms with E-state index in [0.717, 1.165) is 0 Å². The largest absolute Gasteiger partial charge is 0.493 e. The summed E-state index contributed by atoms with van der Waals surface area (Å²) < 4.78 is 31.7. The Balaban J connectivity index is 2.07. The Morgan fingerprint density at radius 3 is 2.48 bits per heavy atom. The highest BCUT2D eigenvalue weighted by atomic mass is 32.1. The number of ether oxygens (including phenoxy) is 3. The van der Waals surface area contributed by atoms with Crippen molar-refractivity contribution >= 4 is 18.4 Å². The van der Waals surface area contributed by atoms with E-state index in [1.807, 2.05) is 0 Å². The summed E-state index contributed by atoms with van der Waals surface area (Å²) in [4.78, 5) is 0. The number of methoxy groups -OCH3 is 3. The van der Waals surface area contributed by atoms with Crippen LogP contribution >= 0.6 is 12.2 Å². The van der Waals surface area contributed by atoms with E-state index in [1.54, 1.807) is 30.3 Å². The van der Waals surface area contributed by atoms with Crippen molar-refractivity contribution in [3.8, 4) is 28.6 Å². The lowest BCUT2D eigenvalue weighted by atomic mass is 10.2. The lowest BCUT2D eigenvalue weighted by Crippen LogP contribution is -2.00. The van der Waals surface area contributed by atoms with Crippen molar-refractivity contribution in [2.75, 3.05) is 21.3 Å². The molecule has 0 aliphatic carbocycles. The smallest absolute Gasteiger partial charge is 0.216 e. The van der Waals surface area contributed by atoms with E-state index in [1.165, 1.54) is 38.3 Å². The van der Waals surface area contributed by atoms with Crippen LogP contribution in [0.4, 0.5) is 4.39 Å². The summed E-state index contributed by atoms with van der Waals surface area (Å²) in [5.41, 5.74) is 0.902. The Bertz CT molecular complexity index is 1050. The highest BCUT2D eigenvalue weighted by molar-refractivity contribution is 7.71. The number of halogens is 1. The Kier molecular flexibility index (Phi) is 5.51. The van der Waals surface area contributed by atoms with Crippen molar-refractivity contribution in [1.29, 1.82) is 0 Å². The van der Waals surface area contributed by atoms with Crippen LogP contribution in [0.3, 0.4) is 0 Å². The predicted octanol–water partition coefficient (Wildman–Crippen LogP) is 3.65. The summed E-state index contributed by atoms with van der Waals surface area (Å²) in [5, 5.41) is 11.1. The van der Waals surface area contributed by atoms with Gasteiger partial charge in [-0.05, 0) is 36.5 Å². The summed E-state index contributed by atoms with van der Waals surface area (Å²) in [6, 6.07) is 9.75. The second-order valence-corrected chi connectivity index (χ2v) is 5.70. The zero-order valence-electron chi connectivity index (χ0n) is 14.9. The first-order valence-corrected chi connectivity index (χ1v) is 8.27. The summed E-state index contributed by atoms with van der Waals surface area (Å²) >= 11 is 5.21. The molecule has 0 unspecified atom stereocenters. The van der Waals surface area contributed by atoms with Crippen molar-refractivity contribution in [3.05, 3.63) is 52.5 Å². The van der Waals surface area contributed by atoms with Crippen LogP contribution in [0, 0.1) is 10.6 Å². The number of nitrogens with one attached hydrogen (secondary N) is 1. The van der Waals surface area contributed by atoms with Gasteiger partial charge in [0.1, 0.15) is 5.82 Å². The first-order chi connectivity index (χ1) is 13.1. The minimum Gasteiger partial charge on any atom is -0.493 e. The Labute approximate surface area is 160 Å². The molecular weight excluding hydrogens is 371 g/mol. The molecule has 1 N–H and O–H groups in total. The normalized spacial score (nSPS) is 11.0. The van der Waals surface area contributed by atoms with Gasteiger partial charge in [-0.1, -0.05) is 12.1 Å². The van der Waals surface area contributed by atoms with Crippen LogP contribution in [-0.4, -0.2) is 42.4 Å². The molecular formula is C18H17FN4O3S. The number of H-pyrrole nitrogens is 1. The highest BCUT2D eigenvalue weighted by Crippen LogP contribution is 2.39. The number of aromatic nitrogens is 3. The summed E-state index contributed by atoms with van der Waals surface area (Å²) in [6.07, 6.45) is 1.52. The number of rotatable bonds is 6. The quantitative estimate of drug-likeness (QED) is 0.515. The monoisotopic (exact) mass is 388 g/mol. The molecule has 0 fully saturated rings. The maximum atomic E-state index is 14.1. The van der Waals surface area contributed by atoms with Gasteiger partial charge in [0.25, 0.3) is 0 Å². The first-order valence-electron chi connectivity index (χ1n) is 7.86. The van der Waals surface area contributed by atoms with E-state index in [0.29, 0.717) is 22.8 Å². The van der Waals surface area contributed by atoms with Crippen LogP contribution in [-0.2, 0) is 0 Å². The van der Waals surface area contributed by atoms with Gasteiger partial charge in [-0.15, -0.1) is 0 Å². The maximum absolute atomic E-state index is 14.1. The van der Waals surface area contributed by atoms with Gasteiger partial charge in [0.15, 0.2) is 17.3 Å². The van der Waals surface area contributed by atoms with Gasteiger partial charge in [0.2, 0.25) is 10.5 Å². The molecule has 0 spiro atoms. The molecule has 7 nitrogen and oxygen atoms in total. The number of hydrogen-bond acceptors (Lipinski definition) is 6. The van der Waals surface area contributed by atoms with Crippen LogP contribution in [0.1, 0.15) is 5.56 Å². The molecule has 140 valence electrons. The average Bonchev–Trinajstić information content (AvgIpc) is 3.05. The van der Waals surface area contributed by atoms with Crippen molar-refractivity contribution in [2.24, 2.45) is 5.10 Å². The van der Waals surface area contributed by atoms with Gasteiger partial charge in [-0.25, -0.2) is 9.49 Å². The summed E-state index contributed by atoms with van der Waals surface area (Å²) in [7, 11) is 4.57. The molecule has 0 radical (unpaired) electrons. The predicted molar refractivity (Wildman–Crippen MR) is 102 cm³/mol. The molecule has 9 heteroatoms. The fourth-order valence-electron chi connectivity index (χ4n) is 2.56. The molecule has 3 aromatic rings. The minimum absolute atomic E-state index is 0.226. The SMILES string of the molecule is COc1ccc(C=Nn2c(-c3ccccc3F)n[nH]c2=S)c(OC)c1OC. The van der Waals surface area contributed by atoms with E-state index in [-0.39, 0.29) is 16.2 Å². The van der Waals surface area contributed by atoms with Gasteiger partial charge < -0.3 is 14.2 Å². The third-order valence-corrected chi connectivity index (χ3v) is 4.08. The fourth-order valence-corrected chi connectivity index (χ4v) is 2.74. The van der Waals surface area contributed by atoms with E-state index in [9.17, 15) is 4.39 Å². The lowest BCUT2D eigenvalue weighted by Gasteiger charge is -2.13. The molecule has 27 heavy (non-hydrogen) atoms. The third-order valence-electron chi connectivity index (χ3n) is 3.81. The number of hydrogen-bond donors (Lipinski definition) is 1. The van der Waals surface area contributed by atoms with Crippen LogP contribution in [0.5, 0.6) is 17.2 Å². The van der Waals surface area contributed by atoms with Crippen molar-refractivity contribution in [1.82, 2.24) is 14.9 Å². The highest BCUT2D eigenvalue weighted by Gasteiger charge is 2.16. The van der Waals surface area contributed by atoms with Crippen LogP contribution in [0.2, 0.25) is 0 Å². The van der Waals surface area contributed by atoms with E-state index < -0.39 is 5.82 Å². The molecule has 0 aliphatic heterocycles. The topological polar surface area (TPSA) is 73.7 Å². The standard InChI is InChI=1S/C18H17FN4O3S/c1-24-14-9-8-11(15(25-2)16(14)26-3)10-20-23-17(21-22-18(23)27)12-6-4-5-7-13(12)19/h4-10H,1-3H3,(H,22,27). The molecule has 1 heterocycles. The fraction of sp³-hybridized carbons (Fsp3) is 0.167. The number of aromatic amines is 1. The minimum atomic E-state index is -0.424. The van der Waals surface area contributed by atoms with E-state index >= 15 is 0 Å². The molecule has 0 atom stereocenters. The first kappa shape index (κ1) is 18.6. The summed E-state index contributed by atoms with van der Waals surface area (Å²) in [5.74, 6) is 1.25. The summed E-state index contributed by atoms with van der Waals surface area (Å²) in [6.45, 7) is 0. The van der Waals surface area contributed by atoms with Crippen molar-refractivity contribution in [3.63, 3.8) is 0 Å². The molecule has 1 aromatic heterocycles. The van der Waals surface area contributed by atoms with Crippen molar-refractivity contribution in [2.45, 2.75) is 0 Å². The van der Waals surface area contributed by atoms with Crippen LogP contribution < -0.4 is 14.2 Å². The second kappa shape index (κ2) is 8.00. The van der Waals surface area contributed by atoms with Gasteiger partial charge >= 0.3 is 0 Å². The molecule has 0 bridgehead atoms. The van der Waals surface area contributed by atoms with Gasteiger partial charge in [0, 0.05) is 5.56 Å². The Morgan fingerprint density at radius 1 is 1.07 bits per heavy atom. The second-order valence-electron chi connectivity index (χ2n) is 5.31. The number of benzene rings is 2. The molecule has 0 saturated carbocycles. The molecule has 3 rings (SSSR count). The molecule has 0 aliphatic rings.